The molecule has 0 aliphatic heterocycles. The van der Waals surface area contributed by atoms with E-state index in [1.807, 2.05) is 58.2 Å². The number of para-hydroxylation sites is 1. The molecule has 0 fully saturated rings. The molecule has 2 amide bonds. The molecule has 2 aromatic heterocycles. The van der Waals surface area contributed by atoms with Crippen molar-refractivity contribution in [1.82, 2.24) is 15.2 Å². The Labute approximate surface area is 191 Å². The number of nitrogens with zero attached hydrogens (tertiary/aromatic N) is 1. The highest BCUT2D eigenvalue weighted by Crippen LogP contribution is 2.20. The van der Waals surface area contributed by atoms with Gasteiger partial charge in [-0.05, 0) is 50.8 Å². The van der Waals surface area contributed by atoms with Gasteiger partial charge in [0.15, 0.2) is 6.61 Å². The molecule has 0 aliphatic carbocycles. The summed E-state index contributed by atoms with van der Waals surface area (Å²) >= 11 is 1.29. The van der Waals surface area contributed by atoms with Crippen LogP contribution < -0.4 is 5.32 Å². The van der Waals surface area contributed by atoms with E-state index in [9.17, 15) is 14.4 Å². The van der Waals surface area contributed by atoms with E-state index in [1.165, 1.54) is 11.3 Å². The third-order valence-corrected chi connectivity index (χ3v) is 6.04. The van der Waals surface area contributed by atoms with Gasteiger partial charge in [0.05, 0.1) is 4.88 Å². The van der Waals surface area contributed by atoms with Crippen molar-refractivity contribution in [2.45, 2.75) is 52.2 Å². The number of hydrogen-bond acceptors (Lipinski definition) is 5. The van der Waals surface area contributed by atoms with Gasteiger partial charge in [-0.2, -0.15) is 0 Å². The summed E-state index contributed by atoms with van der Waals surface area (Å²) in [6, 6.07) is 10.3. The van der Waals surface area contributed by atoms with Crippen LogP contribution in [0, 0.1) is 0 Å². The Balaban J connectivity index is 1.76. The number of esters is 1. The molecule has 0 bridgehead atoms. The van der Waals surface area contributed by atoms with Gasteiger partial charge in [0.1, 0.15) is 6.04 Å². The summed E-state index contributed by atoms with van der Waals surface area (Å²) in [5.74, 6) is -1.25. The van der Waals surface area contributed by atoms with E-state index in [0.717, 1.165) is 16.5 Å². The second kappa shape index (κ2) is 10.5. The number of aromatic nitrogens is 1. The molecule has 0 aliphatic rings. The van der Waals surface area contributed by atoms with Crippen LogP contribution in [0.1, 0.15) is 42.9 Å². The molecule has 8 heteroatoms. The third kappa shape index (κ3) is 5.56. The number of H-pyrrole nitrogens is 1. The summed E-state index contributed by atoms with van der Waals surface area (Å²) in [5.41, 5.74) is 1.82. The van der Waals surface area contributed by atoms with Crippen LogP contribution in [-0.4, -0.2) is 52.4 Å². The SMILES string of the molecule is CC(C)N(C(=O)COC(=O)C(Cc1c[nH]c2ccccc12)NC(=O)c1cccs1)C(C)C. The zero-order chi connectivity index (χ0) is 23.3. The number of hydrogen-bond donors (Lipinski definition) is 2. The maximum Gasteiger partial charge on any atom is 0.329 e. The molecule has 0 radical (unpaired) electrons. The molecule has 2 N–H and O–H groups in total. The van der Waals surface area contributed by atoms with Crippen molar-refractivity contribution in [3.8, 4) is 0 Å². The Kier molecular flexibility index (Phi) is 7.69. The Morgan fingerprint density at radius 1 is 1.06 bits per heavy atom. The number of aromatic amines is 1. The summed E-state index contributed by atoms with van der Waals surface area (Å²) in [6.07, 6.45) is 2.07. The average molecular weight is 456 g/mol. The molecule has 2 heterocycles. The van der Waals surface area contributed by atoms with Gasteiger partial charge in [-0.3, -0.25) is 9.59 Å². The number of amides is 2. The predicted octanol–water partition coefficient (Wildman–Crippen LogP) is 3.76. The molecule has 0 spiro atoms. The van der Waals surface area contributed by atoms with Crippen LogP contribution >= 0.6 is 11.3 Å². The largest absolute Gasteiger partial charge is 0.454 e. The zero-order valence-electron chi connectivity index (χ0n) is 18.8. The van der Waals surface area contributed by atoms with E-state index in [-0.39, 0.29) is 36.9 Å². The van der Waals surface area contributed by atoms with Gasteiger partial charge in [-0.1, -0.05) is 24.3 Å². The molecule has 1 aromatic carbocycles. The molecule has 1 atom stereocenters. The number of benzene rings is 1. The maximum atomic E-state index is 13.0. The van der Waals surface area contributed by atoms with Crippen molar-refractivity contribution in [3.05, 3.63) is 58.4 Å². The molecule has 0 saturated heterocycles. The lowest BCUT2D eigenvalue weighted by atomic mass is 10.0. The van der Waals surface area contributed by atoms with Gasteiger partial charge >= 0.3 is 5.97 Å². The van der Waals surface area contributed by atoms with Crippen LogP contribution in [-0.2, 0) is 20.7 Å². The number of thiophene rings is 1. The summed E-state index contributed by atoms with van der Waals surface area (Å²) in [6.45, 7) is 7.30. The van der Waals surface area contributed by atoms with Gasteiger partial charge in [-0.25, -0.2) is 4.79 Å². The summed E-state index contributed by atoms with van der Waals surface area (Å²) in [4.78, 5) is 43.6. The van der Waals surface area contributed by atoms with Crippen molar-refractivity contribution in [2.24, 2.45) is 0 Å². The standard InChI is InChI=1S/C24H29N3O4S/c1-15(2)27(16(3)4)22(28)14-31-24(30)20(26-23(29)21-10-7-11-32-21)12-17-13-25-19-9-6-5-8-18(17)19/h5-11,13,15-16,20,25H,12,14H2,1-4H3,(H,26,29). The number of rotatable bonds is 9. The fourth-order valence-corrected chi connectivity index (χ4v) is 4.46. The third-order valence-electron chi connectivity index (χ3n) is 5.17. The number of fused-ring (bicyclic) bond motifs is 1. The highest BCUT2D eigenvalue weighted by atomic mass is 32.1. The monoisotopic (exact) mass is 455 g/mol. The van der Waals surface area contributed by atoms with Crippen LogP contribution in [0.3, 0.4) is 0 Å². The van der Waals surface area contributed by atoms with Gasteiger partial charge in [0, 0.05) is 35.6 Å². The molecule has 1 unspecified atom stereocenters. The fourth-order valence-electron chi connectivity index (χ4n) is 3.83. The lowest BCUT2D eigenvalue weighted by molar-refractivity contribution is -0.155. The van der Waals surface area contributed by atoms with Crippen molar-refractivity contribution < 1.29 is 19.1 Å². The quantitative estimate of drug-likeness (QED) is 0.481. The van der Waals surface area contributed by atoms with E-state index in [0.29, 0.717) is 4.88 Å². The van der Waals surface area contributed by atoms with E-state index in [2.05, 4.69) is 10.3 Å². The Morgan fingerprint density at radius 3 is 2.44 bits per heavy atom. The van der Waals surface area contributed by atoms with Crippen molar-refractivity contribution in [1.29, 1.82) is 0 Å². The minimum absolute atomic E-state index is 0.0123. The molecule has 0 saturated carbocycles. The van der Waals surface area contributed by atoms with Crippen molar-refractivity contribution in [3.63, 3.8) is 0 Å². The van der Waals surface area contributed by atoms with Crippen LogP contribution in [0.15, 0.2) is 48.0 Å². The minimum atomic E-state index is -0.928. The zero-order valence-corrected chi connectivity index (χ0v) is 19.6. The normalized spacial score (nSPS) is 12.2. The van der Waals surface area contributed by atoms with Crippen LogP contribution in [0.4, 0.5) is 0 Å². The van der Waals surface area contributed by atoms with E-state index >= 15 is 0 Å². The minimum Gasteiger partial charge on any atom is -0.454 e. The first-order chi connectivity index (χ1) is 15.3. The number of ether oxygens (including phenoxy) is 1. The Morgan fingerprint density at radius 2 is 1.78 bits per heavy atom. The predicted molar refractivity (Wildman–Crippen MR) is 126 cm³/mol. The lowest BCUT2D eigenvalue weighted by Gasteiger charge is -2.30. The summed E-state index contributed by atoms with van der Waals surface area (Å²) in [7, 11) is 0. The number of nitrogens with one attached hydrogen (secondary N) is 2. The van der Waals surface area contributed by atoms with Crippen LogP contribution in [0.25, 0.3) is 10.9 Å². The molecular formula is C24H29N3O4S. The lowest BCUT2D eigenvalue weighted by Crippen LogP contribution is -2.47. The molecule has 32 heavy (non-hydrogen) atoms. The fraction of sp³-hybridized carbons (Fsp3) is 0.375. The topological polar surface area (TPSA) is 91.5 Å². The number of carbonyl (C=O) groups is 3. The highest BCUT2D eigenvalue weighted by molar-refractivity contribution is 7.12. The molecule has 3 rings (SSSR count). The Hall–Kier alpha value is -3.13. The first-order valence-corrected chi connectivity index (χ1v) is 11.5. The van der Waals surface area contributed by atoms with E-state index in [1.54, 1.807) is 22.4 Å². The van der Waals surface area contributed by atoms with Crippen LogP contribution in [0.2, 0.25) is 0 Å². The first-order valence-electron chi connectivity index (χ1n) is 10.6. The van der Waals surface area contributed by atoms with E-state index in [4.69, 9.17) is 4.74 Å². The average Bonchev–Trinajstić information content (AvgIpc) is 3.41. The summed E-state index contributed by atoms with van der Waals surface area (Å²) in [5, 5.41) is 5.55. The van der Waals surface area contributed by atoms with Crippen molar-refractivity contribution >= 4 is 40.0 Å². The van der Waals surface area contributed by atoms with E-state index < -0.39 is 12.0 Å². The van der Waals surface area contributed by atoms with Crippen LogP contribution in [0.5, 0.6) is 0 Å². The Bertz CT molecular complexity index is 1060. The van der Waals surface area contributed by atoms with Gasteiger partial charge in [0.25, 0.3) is 11.8 Å². The molecule has 3 aromatic rings. The molecular weight excluding hydrogens is 426 g/mol. The first kappa shape index (κ1) is 23.5. The van der Waals surface area contributed by atoms with Gasteiger partial charge in [-0.15, -0.1) is 11.3 Å². The van der Waals surface area contributed by atoms with Crippen molar-refractivity contribution in [2.75, 3.05) is 6.61 Å². The maximum absolute atomic E-state index is 13.0. The smallest absolute Gasteiger partial charge is 0.329 e. The summed E-state index contributed by atoms with van der Waals surface area (Å²) < 4.78 is 5.37. The highest BCUT2D eigenvalue weighted by Gasteiger charge is 2.27. The van der Waals surface area contributed by atoms with Gasteiger partial charge in [0.2, 0.25) is 0 Å². The molecule has 7 nitrogen and oxygen atoms in total. The second-order valence-corrected chi connectivity index (χ2v) is 9.11. The second-order valence-electron chi connectivity index (χ2n) is 8.16. The molecule has 170 valence electrons. The number of carbonyl (C=O) groups excluding carboxylic acids is 3. The van der Waals surface area contributed by atoms with Gasteiger partial charge < -0.3 is 19.9 Å².